The van der Waals surface area contributed by atoms with Gasteiger partial charge < -0.3 is 9.80 Å². The van der Waals surface area contributed by atoms with Crippen molar-refractivity contribution in [2.45, 2.75) is 45.1 Å². The Kier molecular flexibility index (Phi) is 6.16. The lowest BCUT2D eigenvalue weighted by atomic mass is 9.89. The first-order chi connectivity index (χ1) is 14.5. The minimum absolute atomic E-state index is 0.0549. The van der Waals surface area contributed by atoms with Crippen molar-refractivity contribution >= 4 is 11.8 Å². The van der Waals surface area contributed by atoms with Gasteiger partial charge in [-0.1, -0.05) is 36.4 Å². The number of fused-ring (bicyclic) bond motifs is 1. The maximum atomic E-state index is 13.7. The van der Waals surface area contributed by atoms with Crippen LogP contribution in [0.15, 0.2) is 48.5 Å². The summed E-state index contributed by atoms with van der Waals surface area (Å²) in [5.74, 6) is 0.00671. The molecule has 158 valence electrons. The first-order valence-corrected chi connectivity index (χ1v) is 10.9. The minimum Gasteiger partial charge on any atom is -0.343 e. The molecule has 0 aromatic heterocycles. The van der Waals surface area contributed by atoms with Gasteiger partial charge in [0, 0.05) is 32.0 Å². The topological polar surface area (TPSA) is 40.6 Å². The van der Waals surface area contributed by atoms with Crippen LogP contribution >= 0.6 is 0 Å². The zero-order valence-corrected chi connectivity index (χ0v) is 17.5. The normalized spacial score (nSPS) is 19.5. The predicted octanol–water partition coefficient (Wildman–Crippen LogP) is 4.14. The molecule has 0 bridgehead atoms. The maximum Gasteiger partial charge on any atom is 0.226 e. The summed E-state index contributed by atoms with van der Waals surface area (Å²) in [5.41, 5.74) is 3.22. The van der Waals surface area contributed by atoms with Crippen LogP contribution in [-0.2, 0) is 22.4 Å². The van der Waals surface area contributed by atoms with E-state index in [0.29, 0.717) is 38.9 Å². The predicted molar refractivity (Wildman–Crippen MR) is 114 cm³/mol. The highest BCUT2D eigenvalue weighted by molar-refractivity contribution is 5.81. The number of aryl methyl sites for hydroxylation is 1. The van der Waals surface area contributed by atoms with Crippen LogP contribution in [0.3, 0.4) is 0 Å². The Morgan fingerprint density at radius 3 is 2.50 bits per heavy atom. The summed E-state index contributed by atoms with van der Waals surface area (Å²) in [5, 5.41) is 0. The zero-order chi connectivity index (χ0) is 21.1. The van der Waals surface area contributed by atoms with E-state index >= 15 is 0 Å². The molecular weight excluding hydrogens is 379 g/mol. The number of hydrogen-bond acceptors (Lipinski definition) is 2. The highest BCUT2D eigenvalue weighted by Gasteiger charge is 2.34. The lowest BCUT2D eigenvalue weighted by molar-refractivity contribution is -0.142. The van der Waals surface area contributed by atoms with Gasteiger partial charge in [0.25, 0.3) is 0 Å². The van der Waals surface area contributed by atoms with Gasteiger partial charge in [0.1, 0.15) is 5.82 Å². The Morgan fingerprint density at radius 2 is 1.77 bits per heavy atom. The number of benzene rings is 2. The van der Waals surface area contributed by atoms with Crippen molar-refractivity contribution in [3.8, 4) is 0 Å². The Bertz CT molecular complexity index is 907. The van der Waals surface area contributed by atoms with Gasteiger partial charge in [0.2, 0.25) is 11.8 Å². The number of piperidine rings is 1. The molecule has 2 aliphatic heterocycles. The second kappa shape index (κ2) is 8.99. The molecule has 4 nitrogen and oxygen atoms in total. The highest BCUT2D eigenvalue weighted by Crippen LogP contribution is 2.32. The second-order valence-electron chi connectivity index (χ2n) is 8.44. The van der Waals surface area contributed by atoms with Crippen molar-refractivity contribution in [3.05, 3.63) is 71.0 Å². The number of nitrogens with zero attached hydrogens (tertiary/aromatic N) is 2. The largest absolute Gasteiger partial charge is 0.343 e. The van der Waals surface area contributed by atoms with Crippen LogP contribution in [0.25, 0.3) is 0 Å². The van der Waals surface area contributed by atoms with E-state index in [0.717, 1.165) is 24.0 Å². The van der Waals surface area contributed by atoms with Crippen LogP contribution in [-0.4, -0.2) is 41.2 Å². The number of halogens is 1. The molecule has 0 N–H and O–H groups in total. The van der Waals surface area contributed by atoms with E-state index in [1.165, 1.54) is 11.6 Å². The molecule has 1 atom stereocenters. The molecule has 5 heteroatoms. The van der Waals surface area contributed by atoms with Crippen LogP contribution in [0.1, 0.15) is 48.9 Å². The summed E-state index contributed by atoms with van der Waals surface area (Å²) in [7, 11) is 0. The standard InChI is InChI=1S/C25H29FN2O2/c1-18-23-17-22(26)9-8-20(23)13-16-28(18)25(30)21-11-14-27(15-12-21)24(29)10-7-19-5-3-2-4-6-19/h2-6,8-9,17-18,21H,7,10-16H2,1H3. The molecule has 30 heavy (non-hydrogen) atoms. The van der Waals surface area contributed by atoms with E-state index in [1.54, 1.807) is 6.07 Å². The van der Waals surface area contributed by atoms with Crippen molar-refractivity contribution in [1.29, 1.82) is 0 Å². The molecule has 2 aromatic carbocycles. The molecule has 0 saturated carbocycles. The Morgan fingerprint density at radius 1 is 1.03 bits per heavy atom. The van der Waals surface area contributed by atoms with Crippen LogP contribution in [0, 0.1) is 11.7 Å². The van der Waals surface area contributed by atoms with Gasteiger partial charge in [-0.3, -0.25) is 9.59 Å². The average Bonchev–Trinajstić information content (AvgIpc) is 2.78. The summed E-state index contributed by atoms with van der Waals surface area (Å²) in [4.78, 5) is 29.5. The van der Waals surface area contributed by atoms with E-state index in [1.807, 2.05) is 53.1 Å². The van der Waals surface area contributed by atoms with Crippen molar-refractivity contribution in [1.82, 2.24) is 9.80 Å². The van der Waals surface area contributed by atoms with Crippen LogP contribution < -0.4 is 0 Å². The second-order valence-corrected chi connectivity index (χ2v) is 8.44. The quantitative estimate of drug-likeness (QED) is 0.763. The van der Waals surface area contributed by atoms with E-state index in [9.17, 15) is 14.0 Å². The highest BCUT2D eigenvalue weighted by atomic mass is 19.1. The van der Waals surface area contributed by atoms with Gasteiger partial charge in [0.15, 0.2) is 0 Å². The molecule has 1 saturated heterocycles. The molecule has 1 unspecified atom stereocenters. The SMILES string of the molecule is CC1c2cc(F)ccc2CCN1C(=O)C1CCN(C(=O)CCc2ccccc2)CC1. The molecule has 0 aliphatic carbocycles. The Labute approximate surface area is 177 Å². The van der Waals surface area contributed by atoms with E-state index in [2.05, 4.69) is 0 Å². The molecule has 0 spiro atoms. The first kappa shape index (κ1) is 20.6. The van der Waals surface area contributed by atoms with Gasteiger partial charge in [-0.05, 0) is 61.4 Å². The minimum atomic E-state index is -0.253. The number of amides is 2. The molecular formula is C25H29FN2O2. The third kappa shape index (κ3) is 4.40. The molecule has 2 aliphatic rings. The van der Waals surface area contributed by atoms with E-state index in [4.69, 9.17) is 0 Å². The van der Waals surface area contributed by atoms with Gasteiger partial charge in [-0.2, -0.15) is 0 Å². The molecule has 2 aromatic rings. The molecule has 0 radical (unpaired) electrons. The first-order valence-electron chi connectivity index (χ1n) is 10.9. The lowest BCUT2D eigenvalue weighted by Crippen LogP contribution is -2.46. The fourth-order valence-electron chi connectivity index (χ4n) is 4.75. The van der Waals surface area contributed by atoms with Crippen molar-refractivity contribution in [2.75, 3.05) is 19.6 Å². The van der Waals surface area contributed by atoms with Crippen LogP contribution in [0.5, 0.6) is 0 Å². The van der Waals surface area contributed by atoms with Crippen LogP contribution in [0.2, 0.25) is 0 Å². The fraction of sp³-hybridized carbons (Fsp3) is 0.440. The summed E-state index contributed by atoms with van der Waals surface area (Å²) in [6.07, 6.45) is 3.43. The molecule has 2 amide bonds. The maximum absolute atomic E-state index is 13.7. The smallest absolute Gasteiger partial charge is 0.226 e. The van der Waals surface area contributed by atoms with Crippen molar-refractivity contribution in [2.24, 2.45) is 5.92 Å². The van der Waals surface area contributed by atoms with E-state index < -0.39 is 0 Å². The number of carbonyl (C=O) groups excluding carboxylic acids is 2. The monoisotopic (exact) mass is 408 g/mol. The molecule has 2 heterocycles. The van der Waals surface area contributed by atoms with Crippen molar-refractivity contribution < 1.29 is 14.0 Å². The van der Waals surface area contributed by atoms with E-state index in [-0.39, 0.29) is 29.6 Å². The third-order valence-corrected chi connectivity index (χ3v) is 6.60. The van der Waals surface area contributed by atoms with Gasteiger partial charge in [-0.15, -0.1) is 0 Å². The summed E-state index contributed by atoms with van der Waals surface area (Å²) < 4.78 is 13.7. The Hall–Kier alpha value is -2.69. The van der Waals surface area contributed by atoms with Crippen LogP contribution in [0.4, 0.5) is 4.39 Å². The molecule has 1 fully saturated rings. The van der Waals surface area contributed by atoms with Gasteiger partial charge >= 0.3 is 0 Å². The van der Waals surface area contributed by atoms with Gasteiger partial charge in [-0.25, -0.2) is 4.39 Å². The molecule has 4 rings (SSSR count). The fourth-order valence-corrected chi connectivity index (χ4v) is 4.75. The number of hydrogen-bond donors (Lipinski definition) is 0. The number of carbonyl (C=O) groups is 2. The third-order valence-electron chi connectivity index (χ3n) is 6.60. The zero-order valence-electron chi connectivity index (χ0n) is 17.5. The average molecular weight is 409 g/mol. The Balaban J connectivity index is 1.30. The lowest BCUT2D eigenvalue weighted by Gasteiger charge is -2.39. The number of rotatable bonds is 4. The van der Waals surface area contributed by atoms with Crippen molar-refractivity contribution in [3.63, 3.8) is 0 Å². The summed E-state index contributed by atoms with van der Waals surface area (Å²) >= 11 is 0. The number of likely N-dealkylation sites (tertiary alicyclic amines) is 1. The summed E-state index contributed by atoms with van der Waals surface area (Å²) in [6, 6.07) is 14.8. The summed E-state index contributed by atoms with van der Waals surface area (Å²) in [6.45, 7) is 3.93. The van der Waals surface area contributed by atoms with Gasteiger partial charge in [0.05, 0.1) is 6.04 Å².